The van der Waals surface area contributed by atoms with E-state index < -0.39 is 0 Å². The summed E-state index contributed by atoms with van der Waals surface area (Å²) in [6.07, 6.45) is 0.840. The Hall–Kier alpha value is -0.770. The molecule has 1 aliphatic rings. The third kappa shape index (κ3) is 2.70. The summed E-state index contributed by atoms with van der Waals surface area (Å²) in [5.41, 5.74) is 5.63. The highest BCUT2D eigenvalue weighted by molar-refractivity contribution is 5.79. The van der Waals surface area contributed by atoms with E-state index >= 15 is 0 Å². The minimum absolute atomic E-state index is 0.736. The summed E-state index contributed by atoms with van der Waals surface area (Å²) < 4.78 is 0. The Morgan fingerprint density at radius 3 is 2.42 bits per heavy atom. The van der Waals surface area contributed by atoms with E-state index in [1.165, 1.54) is 0 Å². The van der Waals surface area contributed by atoms with Crippen LogP contribution < -0.4 is 5.73 Å². The van der Waals surface area contributed by atoms with Gasteiger partial charge in [0.15, 0.2) is 0 Å². The maximum Gasteiger partial charge on any atom is 0.119 e. The van der Waals surface area contributed by atoms with Crippen molar-refractivity contribution in [3.8, 4) is 0 Å². The predicted octanol–water partition coefficient (Wildman–Crippen LogP) is -0.0840. The van der Waals surface area contributed by atoms with Gasteiger partial charge in [-0.1, -0.05) is 6.92 Å². The summed E-state index contributed by atoms with van der Waals surface area (Å²) >= 11 is 0. The molecule has 0 amide bonds. The van der Waals surface area contributed by atoms with Gasteiger partial charge < -0.3 is 10.6 Å². The molecule has 2 N–H and O–H groups in total. The number of hydrazone groups is 1. The van der Waals surface area contributed by atoms with Gasteiger partial charge in [-0.25, -0.2) is 0 Å². The van der Waals surface area contributed by atoms with Gasteiger partial charge in [0.25, 0.3) is 0 Å². The van der Waals surface area contributed by atoms with Crippen LogP contribution in [0.1, 0.15) is 13.3 Å². The van der Waals surface area contributed by atoms with Gasteiger partial charge in [-0.15, -0.1) is 0 Å². The first kappa shape index (κ1) is 9.32. The lowest BCUT2D eigenvalue weighted by Gasteiger charge is -2.30. The Bertz CT molecular complexity index is 158. The summed E-state index contributed by atoms with van der Waals surface area (Å²) in [6.45, 7) is 6.18. The normalized spacial score (nSPS) is 21.5. The van der Waals surface area contributed by atoms with Crippen molar-refractivity contribution in [2.45, 2.75) is 13.3 Å². The van der Waals surface area contributed by atoms with Gasteiger partial charge in [-0.05, 0) is 7.05 Å². The first-order chi connectivity index (χ1) is 5.72. The number of nitrogens with zero attached hydrogens (tertiary/aromatic N) is 3. The van der Waals surface area contributed by atoms with Crippen molar-refractivity contribution in [1.29, 1.82) is 0 Å². The van der Waals surface area contributed by atoms with Crippen LogP contribution in [0.25, 0.3) is 0 Å². The Balaban J connectivity index is 2.35. The van der Waals surface area contributed by atoms with Gasteiger partial charge in [0.1, 0.15) is 5.84 Å². The minimum atomic E-state index is 0.736. The van der Waals surface area contributed by atoms with Crippen LogP contribution in [0.3, 0.4) is 0 Å². The quantitative estimate of drug-likeness (QED) is 0.465. The largest absolute Gasteiger partial charge is 0.386 e. The van der Waals surface area contributed by atoms with Crippen LogP contribution in [0.15, 0.2) is 5.10 Å². The lowest BCUT2D eigenvalue weighted by molar-refractivity contribution is 0.158. The molecule has 1 aliphatic heterocycles. The average molecular weight is 170 g/mol. The van der Waals surface area contributed by atoms with Crippen molar-refractivity contribution < 1.29 is 0 Å². The SMILES string of the molecule is CC/C(N)=N/N1CCN(C)CC1. The number of piperazine rings is 1. The number of hydrogen-bond acceptors (Lipinski definition) is 3. The van der Waals surface area contributed by atoms with Crippen molar-refractivity contribution >= 4 is 5.84 Å². The number of hydrogen-bond donors (Lipinski definition) is 1. The standard InChI is InChI=1S/C8H18N4/c1-3-8(9)10-12-6-4-11(2)5-7-12/h3-7H2,1-2H3,(H2,9,10). The van der Waals surface area contributed by atoms with Gasteiger partial charge in [-0.2, -0.15) is 5.10 Å². The van der Waals surface area contributed by atoms with Gasteiger partial charge in [0.05, 0.1) is 0 Å². The monoisotopic (exact) mass is 170 g/mol. The lowest BCUT2D eigenvalue weighted by atomic mass is 10.4. The van der Waals surface area contributed by atoms with E-state index in [1.54, 1.807) is 0 Å². The second-order valence-electron chi connectivity index (χ2n) is 3.20. The van der Waals surface area contributed by atoms with Crippen LogP contribution in [0.2, 0.25) is 0 Å². The smallest absolute Gasteiger partial charge is 0.119 e. The van der Waals surface area contributed by atoms with Crippen molar-refractivity contribution in [1.82, 2.24) is 9.91 Å². The van der Waals surface area contributed by atoms with Crippen molar-refractivity contribution in [3.05, 3.63) is 0 Å². The van der Waals surface area contributed by atoms with Crippen LogP contribution in [0.4, 0.5) is 0 Å². The highest BCUT2D eigenvalue weighted by Gasteiger charge is 2.11. The molecule has 0 aromatic carbocycles. The van der Waals surface area contributed by atoms with E-state index in [9.17, 15) is 0 Å². The summed E-state index contributed by atoms with van der Waals surface area (Å²) in [5, 5.41) is 6.34. The van der Waals surface area contributed by atoms with Crippen LogP contribution in [-0.2, 0) is 0 Å². The first-order valence-electron chi connectivity index (χ1n) is 4.49. The van der Waals surface area contributed by atoms with E-state index in [0.717, 1.165) is 38.4 Å². The molecular weight excluding hydrogens is 152 g/mol. The fourth-order valence-electron chi connectivity index (χ4n) is 1.15. The topological polar surface area (TPSA) is 44.9 Å². The van der Waals surface area contributed by atoms with Gasteiger partial charge in [0.2, 0.25) is 0 Å². The number of rotatable bonds is 2. The third-order valence-electron chi connectivity index (χ3n) is 2.11. The van der Waals surface area contributed by atoms with Crippen LogP contribution >= 0.6 is 0 Å². The van der Waals surface area contributed by atoms with Gasteiger partial charge in [0, 0.05) is 32.6 Å². The van der Waals surface area contributed by atoms with Crippen molar-refractivity contribution in [2.24, 2.45) is 10.8 Å². The molecule has 1 saturated heterocycles. The van der Waals surface area contributed by atoms with Crippen LogP contribution in [0.5, 0.6) is 0 Å². The molecule has 1 heterocycles. The van der Waals surface area contributed by atoms with E-state index in [2.05, 4.69) is 22.1 Å². The zero-order valence-corrected chi connectivity index (χ0v) is 7.95. The van der Waals surface area contributed by atoms with Crippen LogP contribution in [-0.4, -0.2) is 49.0 Å². The van der Waals surface area contributed by atoms with Gasteiger partial charge >= 0.3 is 0 Å². The minimum Gasteiger partial charge on any atom is -0.386 e. The first-order valence-corrected chi connectivity index (χ1v) is 4.49. The van der Waals surface area contributed by atoms with Crippen molar-refractivity contribution in [2.75, 3.05) is 33.2 Å². The second kappa shape index (κ2) is 4.30. The zero-order valence-electron chi connectivity index (χ0n) is 7.95. The second-order valence-corrected chi connectivity index (χ2v) is 3.20. The molecule has 1 rings (SSSR count). The average Bonchev–Trinajstić information content (AvgIpc) is 2.09. The van der Waals surface area contributed by atoms with Crippen molar-refractivity contribution in [3.63, 3.8) is 0 Å². The molecule has 0 aromatic rings. The Morgan fingerprint density at radius 2 is 1.92 bits per heavy atom. The summed E-state index contributed by atoms with van der Waals surface area (Å²) in [5.74, 6) is 0.736. The Labute approximate surface area is 74.0 Å². The maximum absolute atomic E-state index is 5.63. The maximum atomic E-state index is 5.63. The zero-order chi connectivity index (χ0) is 8.97. The highest BCUT2D eigenvalue weighted by Crippen LogP contribution is 1.99. The Morgan fingerprint density at radius 1 is 1.33 bits per heavy atom. The molecule has 0 atom stereocenters. The third-order valence-corrected chi connectivity index (χ3v) is 2.11. The van der Waals surface area contributed by atoms with Crippen LogP contribution in [0, 0.1) is 0 Å². The molecule has 4 nitrogen and oxygen atoms in total. The molecule has 12 heavy (non-hydrogen) atoms. The van der Waals surface area contributed by atoms with E-state index in [1.807, 2.05) is 6.92 Å². The number of likely N-dealkylation sites (N-methyl/N-ethyl adjacent to an activating group) is 1. The molecule has 70 valence electrons. The molecule has 0 saturated carbocycles. The molecule has 1 fully saturated rings. The molecule has 0 bridgehead atoms. The fraction of sp³-hybridized carbons (Fsp3) is 0.875. The molecule has 0 aliphatic carbocycles. The molecule has 0 aromatic heterocycles. The molecule has 0 radical (unpaired) electrons. The number of nitrogens with two attached hydrogens (primary N) is 1. The molecule has 4 heteroatoms. The lowest BCUT2D eigenvalue weighted by Crippen LogP contribution is -2.42. The molecular formula is C8H18N4. The predicted molar refractivity (Wildman–Crippen MR) is 51.0 cm³/mol. The molecule has 0 unspecified atom stereocenters. The van der Waals surface area contributed by atoms with E-state index in [4.69, 9.17) is 5.73 Å². The summed E-state index contributed by atoms with van der Waals surface area (Å²) in [7, 11) is 2.13. The number of amidine groups is 1. The Kier molecular flexibility index (Phi) is 3.34. The van der Waals surface area contributed by atoms with Gasteiger partial charge in [-0.3, -0.25) is 5.01 Å². The fourth-order valence-corrected chi connectivity index (χ4v) is 1.15. The van der Waals surface area contributed by atoms with E-state index in [-0.39, 0.29) is 0 Å². The summed E-state index contributed by atoms with van der Waals surface area (Å²) in [6, 6.07) is 0. The summed E-state index contributed by atoms with van der Waals surface area (Å²) in [4.78, 5) is 2.30. The molecule has 0 spiro atoms. The highest BCUT2D eigenvalue weighted by atomic mass is 15.5. The van der Waals surface area contributed by atoms with E-state index in [0.29, 0.717) is 0 Å².